The molecule has 0 saturated carbocycles. The van der Waals surface area contributed by atoms with Crippen LogP contribution in [0.2, 0.25) is 0 Å². The first-order valence-corrected chi connectivity index (χ1v) is 13.7. The third-order valence-corrected chi connectivity index (χ3v) is 7.65. The Morgan fingerprint density at radius 1 is 1.00 bits per heavy atom. The minimum absolute atomic E-state index is 0.0202. The second-order valence-corrected chi connectivity index (χ2v) is 10.5. The Bertz CT molecular complexity index is 1450. The molecule has 0 aromatic heterocycles. The number of hydrazone groups is 1. The van der Waals surface area contributed by atoms with Gasteiger partial charge < -0.3 is 18.9 Å². The minimum atomic E-state index is -4.12. The van der Waals surface area contributed by atoms with Crippen LogP contribution in [-0.4, -0.2) is 55.0 Å². The molecular weight excluding hydrogens is 590 g/mol. The topological polar surface area (TPSA) is 116 Å². The molecule has 0 bridgehead atoms. The van der Waals surface area contributed by atoms with Crippen LogP contribution in [-0.2, 0) is 14.8 Å². The Morgan fingerprint density at radius 3 is 2.33 bits per heavy atom. The third-order valence-electron chi connectivity index (χ3n) is 5.27. The molecule has 1 N–H and O–H groups in total. The van der Waals surface area contributed by atoms with Gasteiger partial charge in [-0.05, 0) is 57.9 Å². The number of amides is 1. The molecule has 0 fully saturated rings. The Hall–Kier alpha value is -4.03. The molecule has 0 atom stereocenters. The number of nitrogens with one attached hydrogen (secondary N) is 1. The summed E-state index contributed by atoms with van der Waals surface area (Å²) in [6, 6.07) is 15.8. The quantitative estimate of drug-likeness (QED) is 0.172. The molecule has 0 unspecified atom stereocenters. The summed E-state index contributed by atoms with van der Waals surface area (Å²) in [4.78, 5) is 12.9. The molecule has 1 amide bonds. The van der Waals surface area contributed by atoms with Crippen LogP contribution in [0.1, 0.15) is 5.56 Å². The number of methoxy groups -OCH3 is 3. The molecule has 10 nitrogen and oxygen atoms in total. The normalized spacial score (nSPS) is 11.1. The molecule has 3 aromatic carbocycles. The number of ether oxygens (including phenoxy) is 4. The van der Waals surface area contributed by atoms with Crippen LogP contribution >= 0.6 is 15.9 Å². The largest absolute Gasteiger partial charge is 0.493 e. The van der Waals surface area contributed by atoms with E-state index in [0.29, 0.717) is 39.6 Å². The lowest BCUT2D eigenvalue weighted by atomic mass is 10.2. The van der Waals surface area contributed by atoms with E-state index in [1.54, 1.807) is 42.5 Å². The molecule has 3 rings (SSSR count). The van der Waals surface area contributed by atoms with Crippen molar-refractivity contribution < 1.29 is 32.2 Å². The lowest BCUT2D eigenvalue weighted by Gasteiger charge is -2.24. The highest BCUT2D eigenvalue weighted by Gasteiger charge is 2.28. The van der Waals surface area contributed by atoms with Crippen LogP contribution < -0.4 is 28.7 Å². The summed E-state index contributed by atoms with van der Waals surface area (Å²) in [5.41, 5.74) is 3.18. The van der Waals surface area contributed by atoms with Gasteiger partial charge >= 0.3 is 0 Å². The number of anilines is 1. The first kappa shape index (κ1) is 29.5. The van der Waals surface area contributed by atoms with E-state index < -0.39 is 22.5 Å². The van der Waals surface area contributed by atoms with Crippen molar-refractivity contribution in [2.24, 2.45) is 5.10 Å². The highest BCUT2D eigenvalue weighted by atomic mass is 79.9. The van der Waals surface area contributed by atoms with Crippen LogP contribution in [0.25, 0.3) is 0 Å². The summed E-state index contributed by atoms with van der Waals surface area (Å²) < 4.78 is 50.2. The number of halogens is 1. The van der Waals surface area contributed by atoms with E-state index in [1.165, 1.54) is 51.8 Å². The number of benzene rings is 3. The molecule has 0 saturated heterocycles. The smallest absolute Gasteiger partial charge is 0.264 e. The van der Waals surface area contributed by atoms with Crippen molar-refractivity contribution in [3.8, 4) is 23.0 Å². The van der Waals surface area contributed by atoms with Crippen molar-refractivity contribution in [2.75, 3.05) is 38.8 Å². The third kappa shape index (κ3) is 7.30. The van der Waals surface area contributed by atoms with Gasteiger partial charge in [-0.25, -0.2) is 13.8 Å². The molecule has 0 spiro atoms. The highest BCUT2D eigenvalue weighted by molar-refractivity contribution is 9.10. The van der Waals surface area contributed by atoms with E-state index in [0.717, 1.165) is 4.31 Å². The summed E-state index contributed by atoms with van der Waals surface area (Å²) in [5.74, 6) is 0.997. The van der Waals surface area contributed by atoms with Gasteiger partial charge in [0.05, 0.1) is 42.6 Å². The van der Waals surface area contributed by atoms with Crippen molar-refractivity contribution in [3.05, 3.63) is 83.4 Å². The summed E-state index contributed by atoms with van der Waals surface area (Å²) in [6.45, 7) is 3.37. The molecule has 0 heterocycles. The first-order valence-electron chi connectivity index (χ1n) is 11.5. The highest BCUT2D eigenvalue weighted by Crippen LogP contribution is 2.36. The van der Waals surface area contributed by atoms with Crippen LogP contribution in [0, 0.1) is 0 Å². The zero-order valence-electron chi connectivity index (χ0n) is 21.6. The van der Waals surface area contributed by atoms with Gasteiger partial charge in [-0.15, -0.1) is 0 Å². The van der Waals surface area contributed by atoms with E-state index in [4.69, 9.17) is 18.9 Å². The van der Waals surface area contributed by atoms with Gasteiger partial charge in [0.1, 0.15) is 13.2 Å². The summed E-state index contributed by atoms with van der Waals surface area (Å²) >= 11 is 3.43. The summed E-state index contributed by atoms with van der Waals surface area (Å²) in [6.07, 6.45) is 3.01. The van der Waals surface area contributed by atoms with Crippen LogP contribution in [0.5, 0.6) is 23.0 Å². The van der Waals surface area contributed by atoms with Crippen molar-refractivity contribution in [1.82, 2.24) is 5.43 Å². The molecule has 0 aliphatic heterocycles. The number of carbonyl (C=O) groups excluding carboxylic acids is 1. The Morgan fingerprint density at radius 2 is 1.69 bits per heavy atom. The van der Waals surface area contributed by atoms with Crippen molar-refractivity contribution in [1.29, 1.82) is 0 Å². The maximum absolute atomic E-state index is 13.5. The molecule has 12 heteroatoms. The SMILES string of the molecule is C=CCOc1c(Br)cc(/C=N\NC(=O)CN(c2ccc(OC)c(OC)c2)S(=O)(=O)c2ccccc2)cc1OC. The molecule has 206 valence electrons. The second-order valence-electron chi connectivity index (χ2n) is 7.79. The van der Waals surface area contributed by atoms with Gasteiger partial charge in [0.15, 0.2) is 23.0 Å². The molecule has 0 radical (unpaired) electrons. The maximum atomic E-state index is 13.5. The molecular formula is C27H28BrN3O7S. The van der Waals surface area contributed by atoms with Crippen LogP contribution in [0.3, 0.4) is 0 Å². The van der Waals surface area contributed by atoms with Crippen molar-refractivity contribution in [3.63, 3.8) is 0 Å². The first-order chi connectivity index (χ1) is 18.7. The zero-order chi connectivity index (χ0) is 28.4. The Labute approximate surface area is 236 Å². The fourth-order valence-corrected chi connectivity index (χ4v) is 5.46. The summed E-state index contributed by atoms with van der Waals surface area (Å²) in [5, 5.41) is 3.99. The second kappa shape index (κ2) is 13.7. The van der Waals surface area contributed by atoms with E-state index in [1.807, 2.05) is 0 Å². The number of rotatable bonds is 13. The van der Waals surface area contributed by atoms with Crippen molar-refractivity contribution in [2.45, 2.75) is 4.90 Å². The minimum Gasteiger partial charge on any atom is -0.493 e. The predicted octanol–water partition coefficient (Wildman–Crippen LogP) is 4.39. The average Bonchev–Trinajstić information content (AvgIpc) is 2.95. The Balaban J connectivity index is 1.86. The van der Waals surface area contributed by atoms with Gasteiger partial charge in [-0.3, -0.25) is 9.10 Å². The van der Waals surface area contributed by atoms with Gasteiger partial charge in [0, 0.05) is 6.07 Å². The number of carbonyl (C=O) groups is 1. The van der Waals surface area contributed by atoms with Crippen molar-refractivity contribution >= 4 is 43.8 Å². The fourth-order valence-electron chi connectivity index (χ4n) is 3.46. The summed E-state index contributed by atoms with van der Waals surface area (Å²) in [7, 11) is 0.288. The van der Waals surface area contributed by atoms with E-state index in [2.05, 4.69) is 33.0 Å². The molecule has 39 heavy (non-hydrogen) atoms. The van der Waals surface area contributed by atoms with E-state index in [-0.39, 0.29) is 10.6 Å². The number of hydrogen-bond acceptors (Lipinski definition) is 8. The average molecular weight is 619 g/mol. The number of sulfonamides is 1. The zero-order valence-corrected chi connectivity index (χ0v) is 24.0. The molecule has 0 aliphatic carbocycles. The maximum Gasteiger partial charge on any atom is 0.264 e. The van der Waals surface area contributed by atoms with E-state index >= 15 is 0 Å². The molecule has 0 aliphatic rings. The van der Waals surface area contributed by atoms with E-state index in [9.17, 15) is 13.2 Å². The van der Waals surface area contributed by atoms with Gasteiger partial charge in [-0.1, -0.05) is 30.9 Å². The Kier molecular flexibility index (Phi) is 10.4. The van der Waals surface area contributed by atoms with Crippen LogP contribution in [0.4, 0.5) is 5.69 Å². The van der Waals surface area contributed by atoms with Gasteiger partial charge in [0.25, 0.3) is 15.9 Å². The van der Waals surface area contributed by atoms with Crippen LogP contribution in [0.15, 0.2) is 87.8 Å². The monoisotopic (exact) mass is 617 g/mol. The lowest BCUT2D eigenvalue weighted by Crippen LogP contribution is -2.39. The standard InChI is InChI=1S/C27H28BrN3O7S/c1-5-13-38-27-22(28)14-19(15-25(27)37-4)17-29-30-26(32)18-31(39(33,34)21-9-7-6-8-10-21)20-11-12-23(35-2)24(16-20)36-3/h5-12,14-17H,1,13,18H2,2-4H3,(H,30,32)/b29-17-. The number of nitrogens with zero attached hydrogens (tertiary/aromatic N) is 2. The fraction of sp³-hybridized carbons (Fsp3) is 0.185. The van der Waals surface area contributed by atoms with Gasteiger partial charge in [0.2, 0.25) is 0 Å². The van der Waals surface area contributed by atoms with Gasteiger partial charge in [-0.2, -0.15) is 5.10 Å². The number of hydrogen-bond donors (Lipinski definition) is 1. The molecule has 3 aromatic rings. The lowest BCUT2D eigenvalue weighted by molar-refractivity contribution is -0.119. The predicted molar refractivity (Wildman–Crippen MR) is 153 cm³/mol.